The Balaban J connectivity index is 2.89. The molecule has 0 aliphatic heterocycles. The molecule has 5 heteroatoms. The Bertz CT molecular complexity index is 462. The van der Waals surface area contributed by atoms with E-state index in [1.54, 1.807) is 14.2 Å². The molecule has 0 fully saturated rings. The van der Waals surface area contributed by atoms with Crippen molar-refractivity contribution < 1.29 is 19.4 Å². The number of nitrogens with two attached hydrogens (primary N) is 1. The molecular weight excluding hydrogens is 270 g/mol. The average Bonchev–Trinajstić information content (AvgIpc) is 2.50. The Morgan fingerprint density at radius 1 is 1.33 bits per heavy atom. The molecule has 0 saturated heterocycles. The van der Waals surface area contributed by atoms with E-state index in [-0.39, 0.29) is 12.5 Å². The van der Waals surface area contributed by atoms with Gasteiger partial charge in [-0.15, -0.1) is 0 Å². The van der Waals surface area contributed by atoms with E-state index >= 15 is 0 Å². The first-order valence-electron chi connectivity index (χ1n) is 7.20. The molecule has 3 N–H and O–H groups in total. The van der Waals surface area contributed by atoms with Gasteiger partial charge in [0, 0.05) is 6.54 Å². The van der Waals surface area contributed by atoms with Gasteiger partial charge in [-0.2, -0.15) is 0 Å². The zero-order valence-electron chi connectivity index (χ0n) is 13.0. The summed E-state index contributed by atoms with van der Waals surface area (Å²) < 4.78 is 10.7. The molecular formula is C16H25NO4. The lowest BCUT2D eigenvalue weighted by atomic mass is 9.87. The third-order valence-corrected chi connectivity index (χ3v) is 3.82. The summed E-state index contributed by atoms with van der Waals surface area (Å²) in [5.41, 5.74) is 6.58. The van der Waals surface area contributed by atoms with Crippen LogP contribution in [-0.4, -0.2) is 31.8 Å². The van der Waals surface area contributed by atoms with E-state index in [1.807, 2.05) is 18.2 Å². The van der Waals surface area contributed by atoms with Gasteiger partial charge < -0.3 is 20.3 Å². The van der Waals surface area contributed by atoms with Crippen molar-refractivity contribution in [3.05, 3.63) is 23.8 Å². The molecule has 0 amide bonds. The molecule has 0 saturated carbocycles. The number of methoxy groups -OCH3 is 2. The number of ether oxygens (including phenoxy) is 2. The van der Waals surface area contributed by atoms with Crippen molar-refractivity contribution in [1.82, 2.24) is 0 Å². The molecule has 2 unspecified atom stereocenters. The zero-order chi connectivity index (χ0) is 15.8. The first-order valence-corrected chi connectivity index (χ1v) is 7.20. The Kier molecular flexibility index (Phi) is 7.02. The van der Waals surface area contributed by atoms with Crippen molar-refractivity contribution in [2.75, 3.05) is 20.8 Å². The molecule has 2 atom stereocenters. The molecule has 0 heterocycles. The fraction of sp³-hybridized carbons (Fsp3) is 0.562. The number of carboxylic acid groups (broad SMARTS) is 1. The number of carboxylic acids is 1. The quantitative estimate of drug-likeness (QED) is 0.730. The third kappa shape index (κ3) is 4.63. The van der Waals surface area contributed by atoms with Crippen molar-refractivity contribution in [3.63, 3.8) is 0 Å². The van der Waals surface area contributed by atoms with Crippen LogP contribution >= 0.6 is 0 Å². The van der Waals surface area contributed by atoms with Crippen LogP contribution in [-0.2, 0) is 11.2 Å². The van der Waals surface area contributed by atoms with Gasteiger partial charge in [-0.05, 0) is 30.4 Å². The number of para-hydroxylation sites is 1. The van der Waals surface area contributed by atoms with Gasteiger partial charge in [0.1, 0.15) is 0 Å². The summed E-state index contributed by atoms with van der Waals surface area (Å²) >= 11 is 0. The van der Waals surface area contributed by atoms with E-state index in [1.165, 1.54) is 0 Å². The normalized spacial score (nSPS) is 13.5. The first kappa shape index (κ1) is 17.3. The minimum atomic E-state index is -0.825. The number of aliphatic carboxylic acids is 1. The van der Waals surface area contributed by atoms with Crippen LogP contribution in [0.2, 0.25) is 0 Å². The summed E-state index contributed by atoms with van der Waals surface area (Å²) in [6.45, 7) is 2.23. The van der Waals surface area contributed by atoms with E-state index < -0.39 is 11.9 Å². The van der Waals surface area contributed by atoms with Crippen LogP contribution in [0.25, 0.3) is 0 Å². The van der Waals surface area contributed by atoms with Crippen molar-refractivity contribution in [2.24, 2.45) is 17.6 Å². The first-order chi connectivity index (χ1) is 10.1. The highest BCUT2D eigenvalue weighted by Gasteiger charge is 2.22. The largest absolute Gasteiger partial charge is 0.493 e. The molecule has 0 aliphatic carbocycles. The molecule has 0 aromatic heterocycles. The number of benzene rings is 1. The summed E-state index contributed by atoms with van der Waals surface area (Å²) in [5.74, 6) is 0.340. The second kappa shape index (κ2) is 8.52. The molecule has 5 nitrogen and oxygen atoms in total. The maximum absolute atomic E-state index is 11.1. The van der Waals surface area contributed by atoms with Gasteiger partial charge in [0.2, 0.25) is 0 Å². The average molecular weight is 295 g/mol. The Morgan fingerprint density at radius 2 is 2.05 bits per heavy atom. The van der Waals surface area contributed by atoms with Gasteiger partial charge >= 0.3 is 5.97 Å². The lowest BCUT2D eigenvalue weighted by Crippen LogP contribution is -2.26. The summed E-state index contributed by atoms with van der Waals surface area (Å²) in [4.78, 5) is 11.1. The van der Waals surface area contributed by atoms with Gasteiger partial charge in [0.05, 0.1) is 20.1 Å². The molecule has 21 heavy (non-hydrogen) atoms. The van der Waals surface area contributed by atoms with Gasteiger partial charge in [0.15, 0.2) is 11.5 Å². The van der Waals surface area contributed by atoms with Crippen LogP contribution < -0.4 is 15.2 Å². The molecule has 1 rings (SSSR count). The van der Waals surface area contributed by atoms with Crippen LogP contribution in [0.1, 0.15) is 25.3 Å². The van der Waals surface area contributed by atoms with Crippen LogP contribution in [0.5, 0.6) is 11.5 Å². The maximum atomic E-state index is 11.1. The second-order valence-corrected chi connectivity index (χ2v) is 5.14. The zero-order valence-corrected chi connectivity index (χ0v) is 13.0. The third-order valence-electron chi connectivity index (χ3n) is 3.82. The number of carbonyl (C=O) groups is 1. The van der Waals surface area contributed by atoms with Crippen LogP contribution in [0.15, 0.2) is 18.2 Å². The standard InChI is InChI=1S/C16H25NO4/c1-4-11(9-13(10-17)16(18)19)8-12-6-5-7-14(20-2)15(12)21-3/h5-7,11,13H,4,8-10,17H2,1-3H3,(H,18,19). The van der Waals surface area contributed by atoms with Gasteiger partial charge in [-0.1, -0.05) is 25.5 Å². The minimum Gasteiger partial charge on any atom is -0.493 e. The summed E-state index contributed by atoms with van der Waals surface area (Å²) in [7, 11) is 3.22. The lowest BCUT2D eigenvalue weighted by Gasteiger charge is -2.20. The molecule has 1 aromatic rings. The van der Waals surface area contributed by atoms with Crippen molar-refractivity contribution in [1.29, 1.82) is 0 Å². The number of rotatable bonds is 9. The molecule has 0 bridgehead atoms. The van der Waals surface area contributed by atoms with Gasteiger partial charge in [-0.3, -0.25) is 4.79 Å². The Morgan fingerprint density at radius 3 is 2.52 bits per heavy atom. The highest BCUT2D eigenvalue weighted by molar-refractivity contribution is 5.70. The monoisotopic (exact) mass is 295 g/mol. The van der Waals surface area contributed by atoms with E-state index in [2.05, 4.69) is 6.92 Å². The number of hydrogen-bond donors (Lipinski definition) is 2. The summed E-state index contributed by atoms with van der Waals surface area (Å²) in [6.07, 6.45) is 2.22. The Labute approximate surface area is 126 Å². The van der Waals surface area contributed by atoms with Crippen molar-refractivity contribution in [2.45, 2.75) is 26.2 Å². The van der Waals surface area contributed by atoms with Crippen LogP contribution in [0.4, 0.5) is 0 Å². The minimum absolute atomic E-state index is 0.168. The van der Waals surface area contributed by atoms with E-state index in [0.29, 0.717) is 12.2 Å². The SMILES string of the molecule is CCC(Cc1cccc(OC)c1OC)CC(CN)C(=O)O. The fourth-order valence-corrected chi connectivity index (χ4v) is 2.52. The van der Waals surface area contributed by atoms with Crippen LogP contribution in [0.3, 0.4) is 0 Å². The molecule has 118 valence electrons. The molecule has 0 radical (unpaired) electrons. The van der Waals surface area contributed by atoms with Crippen molar-refractivity contribution >= 4 is 5.97 Å². The molecule has 1 aromatic carbocycles. The van der Waals surface area contributed by atoms with Crippen LogP contribution in [0, 0.1) is 11.8 Å². The highest BCUT2D eigenvalue weighted by Crippen LogP contribution is 2.33. The van der Waals surface area contributed by atoms with Gasteiger partial charge in [0.25, 0.3) is 0 Å². The second-order valence-electron chi connectivity index (χ2n) is 5.14. The summed E-state index contributed by atoms with van der Waals surface area (Å²) in [6, 6.07) is 5.76. The van der Waals surface area contributed by atoms with Crippen molar-refractivity contribution in [3.8, 4) is 11.5 Å². The topological polar surface area (TPSA) is 81.8 Å². The maximum Gasteiger partial charge on any atom is 0.307 e. The Hall–Kier alpha value is -1.75. The predicted molar refractivity (Wildman–Crippen MR) is 81.8 cm³/mol. The summed E-state index contributed by atoms with van der Waals surface area (Å²) in [5, 5.41) is 9.14. The van der Waals surface area contributed by atoms with Gasteiger partial charge in [-0.25, -0.2) is 0 Å². The van der Waals surface area contributed by atoms with E-state index in [4.69, 9.17) is 20.3 Å². The molecule has 0 spiro atoms. The predicted octanol–water partition coefficient (Wildman–Crippen LogP) is 2.32. The molecule has 0 aliphatic rings. The van der Waals surface area contributed by atoms with E-state index in [9.17, 15) is 4.79 Å². The lowest BCUT2D eigenvalue weighted by molar-refractivity contribution is -0.142. The highest BCUT2D eigenvalue weighted by atomic mass is 16.5. The number of hydrogen-bond acceptors (Lipinski definition) is 4. The fourth-order valence-electron chi connectivity index (χ4n) is 2.52. The smallest absolute Gasteiger partial charge is 0.307 e. The van der Waals surface area contributed by atoms with E-state index in [0.717, 1.165) is 24.2 Å².